The summed E-state index contributed by atoms with van der Waals surface area (Å²) < 4.78 is 6.50. The molecule has 2 heteroatoms. The van der Waals surface area contributed by atoms with Gasteiger partial charge in [-0.3, -0.25) is 0 Å². The van der Waals surface area contributed by atoms with E-state index in [2.05, 4.69) is 205 Å². The van der Waals surface area contributed by atoms with Crippen molar-refractivity contribution in [2.75, 3.05) is 4.90 Å². The van der Waals surface area contributed by atoms with Crippen molar-refractivity contribution < 1.29 is 4.42 Å². The van der Waals surface area contributed by atoms with Crippen LogP contribution in [0.25, 0.3) is 87.3 Å². The Hall–Kier alpha value is -7.16. The molecule has 11 aromatic rings. The molecule has 0 atom stereocenters. The molecule has 1 heterocycles. The Labute approximate surface area is 312 Å². The summed E-state index contributed by atoms with van der Waals surface area (Å²) in [6.07, 6.45) is 0. The zero-order valence-corrected chi connectivity index (χ0v) is 29.4. The topological polar surface area (TPSA) is 16.4 Å². The normalized spacial score (nSPS) is 11.7. The second kappa shape index (κ2) is 12.2. The Morgan fingerprint density at radius 3 is 1.74 bits per heavy atom. The van der Waals surface area contributed by atoms with E-state index >= 15 is 0 Å². The molecular formula is C52H33NO. The molecule has 0 saturated carbocycles. The van der Waals surface area contributed by atoms with Gasteiger partial charge in [-0.15, -0.1) is 0 Å². The van der Waals surface area contributed by atoms with Gasteiger partial charge in [-0.05, 0) is 97.5 Å². The molecule has 0 N–H and O–H groups in total. The molecular weight excluding hydrogens is 655 g/mol. The van der Waals surface area contributed by atoms with Gasteiger partial charge in [-0.2, -0.15) is 0 Å². The van der Waals surface area contributed by atoms with Gasteiger partial charge in [-0.25, -0.2) is 0 Å². The van der Waals surface area contributed by atoms with Crippen molar-refractivity contribution in [1.29, 1.82) is 0 Å². The number of rotatable bonds is 5. The Morgan fingerprint density at radius 2 is 0.889 bits per heavy atom. The lowest BCUT2D eigenvalue weighted by Gasteiger charge is -2.29. The molecule has 252 valence electrons. The highest BCUT2D eigenvalue weighted by atomic mass is 16.3. The smallest absolute Gasteiger partial charge is 0.143 e. The first-order valence-electron chi connectivity index (χ1n) is 18.5. The fourth-order valence-electron chi connectivity index (χ4n) is 8.39. The summed E-state index contributed by atoms with van der Waals surface area (Å²) >= 11 is 0. The molecule has 0 aliphatic heterocycles. The van der Waals surface area contributed by atoms with Crippen LogP contribution in [0.3, 0.4) is 0 Å². The second-order valence-corrected chi connectivity index (χ2v) is 14.1. The summed E-state index contributed by atoms with van der Waals surface area (Å²) in [6, 6.07) is 72.4. The molecule has 0 saturated heterocycles. The van der Waals surface area contributed by atoms with Gasteiger partial charge in [0.2, 0.25) is 0 Å². The van der Waals surface area contributed by atoms with Gasteiger partial charge in [0.15, 0.2) is 0 Å². The van der Waals surface area contributed by atoms with Crippen LogP contribution in [0.5, 0.6) is 0 Å². The SMILES string of the molecule is c1ccc(N(c2ccc(-c3ccc4c(ccc5ccccc54)c3)cc2)c2cccc3ccccc23)c(-c2ccc3oc4c5ccccc5ccc4c3c2)c1. The van der Waals surface area contributed by atoms with Crippen molar-refractivity contribution in [1.82, 2.24) is 0 Å². The average Bonchev–Trinajstić information content (AvgIpc) is 3.63. The van der Waals surface area contributed by atoms with Crippen LogP contribution in [-0.4, -0.2) is 0 Å². The summed E-state index contributed by atoms with van der Waals surface area (Å²) in [4.78, 5) is 2.42. The third kappa shape index (κ3) is 4.88. The van der Waals surface area contributed by atoms with Crippen molar-refractivity contribution >= 4 is 82.1 Å². The molecule has 0 amide bonds. The number of anilines is 3. The van der Waals surface area contributed by atoms with Gasteiger partial charge in [0, 0.05) is 32.8 Å². The van der Waals surface area contributed by atoms with Crippen LogP contribution in [0.1, 0.15) is 0 Å². The molecule has 0 spiro atoms. The zero-order chi connectivity index (χ0) is 35.6. The Morgan fingerprint density at radius 1 is 0.315 bits per heavy atom. The lowest BCUT2D eigenvalue weighted by molar-refractivity contribution is 0.672. The number of furan rings is 1. The zero-order valence-electron chi connectivity index (χ0n) is 29.4. The third-order valence-corrected chi connectivity index (χ3v) is 11.0. The van der Waals surface area contributed by atoms with E-state index < -0.39 is 0 Å². The van der Waals surface area contributed by atoms with Crippen molar-refractivity contribution in [2.45, 2.75) is 0 Å². The molecule has 2 nitrogen and oxygen atoms in total. The summed E-state index contributed by atoms with van der Waals surface area (Å²) in [5, 5.41) is 12.0. The quantitative estimate of drug-likeness (QED) is 0.168. The number of hydrogen-bond acceptors (Lipinski definition) is 2. The number of fused-ring (bicyclic) bond motifs is 9. The van der Waals surface area contributed by atoms with Crippen LogP contribution in [0.2, 0.25) is 0 Å². The summed E-state index contributed by atoms with van der Waals surface area (Å²) in [6.45, 7) is 0. The second-order valence-electron chi connectivity index (χ2n) is 14.1. The van der Waals surface area contributed by atoms with E-state index in [0.717, 1.165) is 55.5 Å². The Kier molecular flexibility index (Phi) is 6.90. The van der Waals surface area contributed by atoms with Gasteiger partial charge in [0.05, 0.1) is 11.4 Å². The third-order valence-electron chi connectivity index (χ3n) is 11.0. The van der Waals surface area contributed by atoms with Crippen LogP contribution >= 0.6 is 0 Å². The van der Waals surface area contributed by atoms with Crippen molar-refractivity contribution in [3.63, 3.8) is 0 Å². The Balaban J connectivity index is 1.06. The first-order chi connectivity index (χ1) is 26.8. The maximum absolute atomic E-state index is 6.50. The molecule has 0 bridgehead atoms. The largest absolute Gasteiger partial charge is 0.455 e. The standard InChI is InChI=1S/C52H33NO/c1-4-14-42-36(11-1)20-21-39-32-38(25-29-43(39)42)34-22-27-41(28-23-34)53(50-19-9-13-35-10-2-5-15-44(35)50)49-18-8-7-16-45(49)40-26-31-51-48(33-40)47-30-24-37-12-3-6-17-46(37)52(47)54-51/h1-33H. The fraction of sp³-hybridized carbons (Fsp3) is 0. The van der Waals surface area contributed by atoms with Gasteiger partial charge in [0.25, 0.3) is 0 Å². The molecule has 0 unspecified atom stereocenters. The van der Waals surface area contributed by atoms with Gasteiger partial charge >= 0.3 is 0 Å². The molecule has 1 aromatic heterocycles. The van der Waals surface area contributed by atoms with Crippen molar-refractivity contribution in [2.24, 2.45) is 0 Å². The molecule has 0 aliphatic carbocycles. The van der Waals surface area contributed by atoms with Crippen molar-refractivity contribution in [3.8, 4) is 22.3 Å². The molecule has 0 radical (unpaired) electrons. The van der Waals surface area contributed by atoms with E-state index in [1.807, 2.05) is 0 Å². The number of hydrogen-bond donors (Lipinski definition) is 0. The lowest BCUT2D eigenvalue weighted by atomic mass is 9.96. The van der Waals surface area contributed by atoms with E-state index in [0.29, 0.717) is 0 Å². The van der Waals surface area contributed by atoms with Crippen LogP contribution in [0, 0.1) is 0 Å². The van der Waals surface area contributed by atoms with Gasteiger partial charge < -0.3 is 9.32 Å². The van der Waals surface area contributed by atoms with Crippen LogP contribution in [0.4, 0.5) is 17.1 Å². The summed E-state index contributed by atoms with van der Waals surface area (Å²) in [5.41, 5.74) is 9.84. The number of benzene rings is 10. The fourth-order valence-corrected chi connectivity index (χ4v) is 8.39. The minimum absolute atomic E-state index is 0.894. The molecule has 0 fully saturated rings. The number of nitrogens with zero attached hydrogens (tertiary/aromatic N) is 1. The lowest BCUT2D eigenvalue weighted by Crippen LogP contribution is -2.11. The van der Waals surface area contributed by atoms with Crippen LogP contribution in [0.15, 0.2) is 205 Å². The molecule has 0 aliphatic rings. The highest BCUT2D eigenvalue weighted by molar-refractivity contribution is 6.16. The van der Waals surface area contributed by atoms with E-state index in [-0.39, 0.29) is 0 Å². The minimum atomic E-state index is 0.894. The first-order valence-corrected chi connectivity index (χ1v) is 18.5. The summed E-state index contributed by atoms with van der Waals surface area (Å²) in [7, 11) is 0. The van der Waals surface area contributed by atoms with E-state index in [9.17, 15) is 0 Å². The van der Waals surface area contributed by atoms with E-state index in [1.165, 1.54) is 48.8 Å². The maximum atomic E-state index is 6.50. The molecule has 10 aromatic carbocycles. The first kappa shape index (κ1) is 30.5. The predicted octanol–water partition coefficient (Wildman–Crippen LogP) is 15.0. The average molecular weight is 688 g/mol. The monoisotopic (exact) mass is 687 g/mol. The summed E-state index contributed by atoms with van der Waals surface area (Å²) in [5.74, 6) is 0. The van der Waals surface area contributed by atoms with Crippen LogP contribution in [-0.2, 0) is 0 Å². The maximum Gasteiger partial charge on any atom is 0.143 e. The van der Waals surface area contributed by atoms with Gasteiger partial charge in [0.1, 0.15) is 11.2 Å². The predicted molar refractivity (Wildman–Crippen MR) is 229 cm³/mol. The molecule has 54 heavy (non-hydrogen) atoms. The number of para-hydroxylation sites is 1. The van der Waals surface area contributed by atoms with Gasteiger partial charge in [-0.1, -0.05) is 152 Å². The highest BCUT2D eigenvalue weighted by Crippen LogP contribution is 2.45. The van der Waals surface area contributed by atoms with Crippen molar-refractivity contribution in [3.05, 3.63) is 200 Å². The highest BCUT2D eigenvalue weighted by Gasteiger charge is 2.20. The Bertz CT molecular complexity index is 3220. The molecule has 11 rings (SSSR count). The van der Waals surface area contributed by atoms with Crippen LogP contribution < -0.4 is 4.90 Å². The van der Waals surface area contributed by atoms with E-state index in [4.69, 9.17) is 4.42 Å². The van der Waals surface area contributed by atoms with E-state index in [1.54, 1.807) is 0 Å². The minimum Gasteiger partial charge on any atom is -0.455 e.